The number of benzene rings is 1. The van der Waals surface area contributed by atoms with Crippen LogP contribution >= 0.6 is 11.6 Å². The van der Waals surface area contributed by atoms with Crippen LogP contribution in [0.2, 0.25) is 5.02 Å². The van der Waals surface area contributed by atoms with E-state index >= 15 is 0 Å². The van der Waals surface area contributed by atoms with Crippen LogP contribution in [-0.2, 0) is 4.79 Å². The van der Waals surface area contributed by atoms with E-state index in [0.29, 0.717) is 0 Å². The predicted octanol–water partition coefficient (Wildman–Crippen LogP) is 2.41. The fourth-order valence-corrected chi connectivity index (χ4v) is 1.71. The maximum Gasteiger partial charge on any atom is 0.305 e. The number of carbonyl (C=O) groups is 2. The van der Waals surface area contributed by atoms with Gasteiger partial charge in [0.15, 0.2) is 0 Å². The average Bonchev–Trinajstić information content (AvgIpc) is 2.26. The lowest BCUT2D eigenvalue weighted by Crippen LogP contribution is -2.37. The summed E-state index contributed by atoms with van der Waals surface area (Å²) < 4.78 is 13.5. The molecule has 0 fully saturated rings. The summed E-state index contributed by atoms with van der Waals surface area (Å²) in [6.45, 7) is 1.57. The minimum atomic E-state index is -1.03. The fraction of sp³-hybridized carbons (Fsp3) is 0.333. The van der Waals surface area contributed by atoms with E-state index in [9.17, 15) is 14.0 Å². The molecule has 0 aliphatic heterocycles. The Morgan fingerprint density at radius 1 is 1.50 bits per heavy atom. The van der Waals surface area contributed by atoms with Crippen molar-refractivity contribution in [1.29, 1.82) is 0 Å². The Bertz CT molecular complexity index is 458. The molecule has 6 heteroatoms. The van der Waals surface area contributed by atoms with Gasteiger partial charge in [-0.3, -0.25) is 9.59 Å². The van der Waals surface area contributed by atoms with Crippen LogP contribution in [0.1, 0.15) is 23.7 Å². The van der Waals surface area contributed by atoms with Crippen molar-refractivity contribution in [2.24, 2.45) is 0 Å². The molecule has 98 valence electrons. The van der Waals surface area contributed by atoms with E-state index in [0.717, 1.165) is 6.07 Å². The lowest BCUT2D eigenvalue weighted by Gasteiger charge is -2.24. The molecule has 0 aliphatic rings. The number of halogens is 2. The molecular formula is C12H13ClFNO3. The predicted molar refractivity (Wildman–Crippen MR) is 65.2 cm³/mol. The fourth-order valence-electron chi connectivity index (χ4n) is 1.47. The summed E-state index contributed by atoms with van der Waals surface area (Å²) >= 11 is 5.78. The molecule has 1 aromatic rings. The number of hydrogen-bond donors (Lipinski definition) is 1. The monoisotopic (exact) mass is 273 g/mol. The molecule has 0 aliphatic carbocycles. The van der Waals surface area contributed by atoms with Crippen molar-refractivity contribution in [2.75, 3.05) is 7.05 Å². The Labute approximate surface area is 109 Å². The Kier molecular flexibility index (Phi) is 4.67. The number of rotatable bonds is 4. The van der Waals surface area contributed by atoms with E-state index in [-0.39, 0.29) is 17.0 Å². The van der Waals surface area contributed by atoms with Crippen molar-refractivity contribution in [3.05, 3.63) is 34.6 Å². The maximum atomic E-state index is 13.5. The van der Waals surface area contributed by atoms with Gasteiger partial charge in [-0.25, -0.2) is 4.39 Å². The van der Waals surface area contributed by atoms with E-state index in [1.807, 2.05) is 0 Å². The first-order valence-electron chi connectivity index (χ1n) is 5.27. The lowest BCUT2D eigenvalue weighted by atomic mass is 10.1. The van der Waals surface area contributed by atoms with Gasteiger partial charge in [0, 0.05) is 13.1 Å². The number of hydrogen-bond acceptors (Lipinski definition) is 2. The van der Waals surface area contributed by atoms with Gasteiger partial charge in [0.2, 0.25) is 0 Å². The zero-order chi connectivity index (χ0) is 13.9. The number of nitrogens with zero attached hydrogens (tertiary/aromatic N) is 1. The van der Waals surface area contributed by atoms with Crippen molar-refractivity contribution in [3.8, 4) is 0 Å². The molecule has 1 unspecified atom stereocenters. The first-order valence-corrected chi connectivity index (χ1v) is 5.65. The molecule has 1 rings (SSSR count). The van der Waals surface area contributed by atoms with Gasteiger partial charge in [0.1, 0.15) is 5.82 Å². The first kappa shape index (κ1) is 14.4. The largest absolute Gasteiger partial charge is 0.481 e. The van der Waals surface area contributed by atoms with Crippen LogP contribution in [0.4, 0.5) is 4.39 Å². The highest BCUT2D eigenvalue weighted by molar-refractivity contribution is 6.33. The Hall–Kier alpha value is -1.62. The maximum absolute atomic E-state index is 13.5. The highest BCUT2D eigenvalue weighted by Gasteiger charge is 2.24. The Balaban J connectivity index is 2.96. The van der Waals surface area contributed by atoms with Gasteiger partial charge in [0.05, 0.1) is 17.0 Å². The van der Waals surface area contributed by atoms with Crippen LogP contribution in [-0.4, -0.2) is 35.0 Å². The molecular weight excluding hydrogens is 261 g/mol. The highest BCUT2D eigenvalue weighted by Crippen LogP contribution is 2.21. The summed E-state index contributed by atoms with van der Waals surface area (Å²) in [5, 5.41) is 8.66. The molecule has 1 amide bonds. The smallest absolute Gasteiger partial charge is 0.305 e. The molecule has 18 heavy (non-hydrogen) atoms. The summed E-state index contributed by atoms with van der Waals surface area (Å²) in [6.07, 6.45) is -0.214. The summed E-state index contributed by atoms with van der Waals surface area (Å²) in [5.74, 6) is -2.38. The molecule has 0 aromatic heterocycles. The Morgan fingerprint density at radius 3 is 2.61 bits per heavy atom. The second kappa shape index (κ2) is 5.82. The summed E-state index contributed by atoms with van der Waals surface area (Å²) in [5.41, 5.74) is -0.237. The molecule has 0 saturated heterocycles. The number of carbonyl (C=O) groups excluding carboxylic acids is 1. The van der Waals surface area contributed by atoms with Crippen LogP contribution in [0, 0.1) is 5.82 Å². The molecule has 0 saturated carbocycles. The van der Waals surface area contributed by atoms with E-state index < -0.39 is 23.7 Å². The third-order valence-corrected chi connectivity index (χ3v) is 2.94. The van der Waals surface area contributed by atoms with E-state index in [1.54, 1.807) is 6.92 Å². The van der Waals surface area contributed by atoms with Crippen LogP contribution in [0.25, 0.3) is 0 Å². The third kappa shape index (κ3) is 3.20. The summed E-state index contributed by atoms with van der Waals surface area (Å²) in [6, 6.07) is 3.39. The highest BCUT2D eigenvalue weighted by atomic mass is 35.5. The number of aliphatic carboxylic acids is 1. The van der Waals surface area contributed by atoms with Crippen LogP contribution in [0.3, 0.4) is 0 Å². The van der Waals surface area contributed by atoms with Crippen LogP contribution in [0.15, 0.2) is 18.2 Å². The number of carboxylic acid groups (broad SMARTS) is 1. The summed E-state index contributed by atoms with van der Waals surface area (Å²) in [7, 11) is 1.42. The molecule has 1 aromatic carbocycles. The molecule has 4 nitrogen and oxygen atoms in total. The molecule has 0 spiro atoms. The molecule has 0 radical (unpaired) electrons. The number of amides is 1. The number of carboxylic acids is 1. The topological polar surface area (TPSA) is 57.6 Å². The van der Waals surface area contributed by atoms with Crippen molar-refractivity contribution >= 4 is 23.5 Å². The van der Waals surface area contributed by atoms with Crippen molar-refractivity contribution in [1.82, 2.24) is 4.90 Å². The third-order valence-electron chi connectivity index (χ3n) is 2.63. The zero-order valence-corrected chi connectivity index (χ0v) is 10.7. The SMILES string of the molecule is CC(CC(=O)O)N(C)C(=O)c1c(F)cccc1Cl. The lowest BCUT2D eigenvalue weighted by molar-refractivity contribution is -0.137. The van der Waals surface area contributed by atoms with E-state index in [4.69, 9.17) is 16.7 Å². The second-order valence-corrected chi connectivity index (χ2v) is 4.37. The van der Waals surface area contributed by atoms with Crippen molar-refractivity contribution in [3.63, 3.8) is 0 Å². The minimum Gasteiger partial charge on any atom is -0.481 e. The van der Waals surface area contributed by atoms with Crippen molar-refractivity contribution in [2.45, 2.75) is 19.4 Å². The second-order valence-electron chi connectivity index (χ2n) is 3.96. The standard InChI is InChI=1S/C12H13ClFNO3/c1-7(6-10(16)17)15(2)12(18)11-8(13)4-3-5-9(11)14/h3-5,7H,6H2,1-2H3,(H,16,17). The Morgan fingerprint density at radius 2 is 2.11 bits per heavy atom. The van der Waals surface area contributed by atoms with Gasteiger partial charge >= 0.3 is 5.97 Å². The zero-order valence-electron chi connectivity index (χ0n) is 9.98. The van der Waals surface area contributed by atoms with Gasteiger partial charge < -0.3 is 10.0 Å². The molecule has 1 atom stereocenters. The van der Waals surface area contributed by atoms with Gasteiger partial charge in [-0.05, 0) is 19.1 Å². The molecule has 0 heterocycles. The van der Waals surface area contributed by atoms with Gasteiger partial charge in [-0.15, -0.1) is 0 Å². The van der Waals surface area contributed by atoms with Crippen molar-refractivity contribution < 1.29 is 19.1 Å². The minimum absolute atomic E-state index is 0.00868. The van der Waals surface area contributed by atoms with E-state index in [1.165, 1.54) is 24.1 Å². The quantitative estimate of drug-likeness (QED) is 0.916. The van der Waals surface area contributed by atoms with Gasteiger partial charge in [0.25, 0.3) is 5.91 Å². The summed E-state index contributed by atoms with van der Waals surface area (Å²) in [4.78, 5) is 23.8. The van der Waals surface area contributed by atoms with Crippen LogP contribution < -0.4 is 0 Å². The van der Waals surface area contributed by atoms with Gasteiger partial charge in [-0.1, -0.05) is 17.7 Å². The average molecular weight is 274 g/mol. The first-order chi connectivity index (χ1) is 8.34. The van der Waals surface area contributed by atoms with Crippen LogP contribution in [0.5, 0.6) is 0 Å². The normalized spacial score (nSPS) is 12.0. The molecule has 0 bridgehead atoms. The molecule has 1 N–H and O–H groups in total. The van der Waals surface area contributed by atoms with Gasteiger partial charge in [-0.2, -0.15) is 0 Å². The van der Waals surface area contributed by atoms with E-state index in [2.05, 4.69) is 0 Å².